The Hall–Kier alpha value is -1.44. The van der Waals surface area contributed by atoms with Crippen molar-refractivity contribution in [1.82, 2.24) is 9.13 Å². The molecule has 0 aliphatic heterocycles. The highest BCUT2D eigenvalue weighted by atomic mass is 127. The van der Waals surface area contributed by atoms with E-state index in [4.69, 9.17) is 0 Å². The molecule has 4 nitrogen and oxygen atoms in total. The molecule has 0 aliphatic carbocycles. The van der Waals surface area contributed by atoms with E-state index in [1.54, 1.807) is 20.0 Å². The van der Waals surface area contributed by atoms with Gasteiger partial charge in [0.15, 0.2) is 0 Å². The zero-order valence-corrected chi connectivity index (χ0v) is 12.6. The Kier molecular flexibility index (Phi) is 3.88. The fraction of sp³-hybridized carbons (Fsp3) is 0.231. The Bertz CT molecular complexity index is 715. The molecule has 0 unspecified atom stereocenters. The van der Waals surface area contributed by atoms with Crippen LogP contribution >= 0.6 is 22.6 Å². The summed E-state index contributed by atoms with van der Waals surface area (Å²) in [5, 5.41) is 0. The number of nitrogens with zero attached hydrogens (tertiary/aromatic N) is 2. The third-order valence-electron chi connectivity index (χ3n) is 2.92. The van der Waals surface area contributed by atoms with Gasteiger partial charge in [-0.15, -0.1) is 0 Å². The maximum Gasteiger partial charge on any atom is 0.331 e. The average molecular weight is 374 g/mol. The number of aromatic nitrogens is 2. The summed E-state index contributed by atoms with van der Waals surface area (Å²) in [6.07, 6.45) is 1.50. The number of aryl methyl sites for hydroxylation is 2. The molecule has 0 radical (unpaired) electrons. The van der Waals surface area contributed by atoms with E-state index in [-0.39, 0.29) is 23.6 Å². The zero-order valence-electron chi connectivity index (χ0n) is 10.5. The van der Waals surface area contributed by atoms with E-state index in [2.05, 4.69) is 0 Å². The van der Waals surface area contributed by atoms with Gasteiger partial charge >= 0.3 is 5.69 Å². The summed E-state index contributed by atoms with van der Waals surface area (Å²) >= 11 is 1.90. The largest absolute Gasteiger partial charge is 0.331 e. The number of hydrogen-bond donors (Lipinski definition) is 0. The average Bonchev–Trinajstić information content (AvgIpc) is 2.34. The Morgan fingerprint density at radius 2 is 2.00 bits per heavy atom. The van der Waals surface area contributed by atoms with Crippen molar-refractivity contribution in [2.24, 2.45) is 7.05 Å². The van der Waals surface area contributed by atoms with Crippen LogP contribution in [0.25, 0.3) is 0 Å². The van der Waals surface area contributed by atoms with Gasteiger partial charge in [-0.2, -0.15) is 0 Å². The third-order valence-corrected chi connectivity index (χ3v) is 3.66. The van der Waals surface area contributed by atoms with Crippen molar-refractivity contribution in [3.05, 3.63) is 65.7 Å². The number of rotatable bonds is 2. The topological polar surface area (TPSA) is 44.0 Å². The van der Waals surface area contributed by atoms with Crippen LogP contribution in [0.1, 0.15) is 11.1 Å². The maximum atomic E-state index is 13.0. The molecule has 6 heteroatoms. The highest BCUT2D eigenvalue weighted by Crippen LogP contribution is 2.10. The minimum Gasteiger partial charge on any atom is -0.302 e. The van der Waals surface area contributed by atoms with Gasteiger partial charge in [0.25, 0.3) is 5.56 Å². The normalized spacial score (nSPS) is 10.7. The standard InChI is InChI=1S/C13H12FIN2O2/c1-8-5-10(14)4-3-9(8)6-17-12(18)11(15)7-16(2)13(17)19/h3-5,7H,6H2,1-2H3. The molecule has 0 saturated heterocycles. The molecule has 1 aromatic carbocycles. The maximum absolute atomic E-state index is 13.0. The predicted octanol–water partition coefficient (Wildman–Crippen LogP) is 1.65. The van der Waals surface area contributed by atoms with Crippen LogP contribution in [0.2, 0.25) is 0 Å². The van der Waals surface area contributed by atoms with E-state index in [0.29, 0.717) is 9.13 Å². The summed E-state index contributed by atoms with van der Waals surface area (Å²) in [5.74, 6) is -0.329. The molecule has 100 valence electrons. The SMILES string of the molecule is Cc1cc(F)ccc1Cn1c(=O)c(I)cn(C)c1=O. The number of halogens is 2. The fourth-order valence-electron chi connectivity index (χ4n) is 1.83. The minimum atomic E-state index is -0.380. The first-order valence-electron chi connectivity index (χ1n) is 5.61. The van der Waals surface area contributed by atoms with E-state index < -0.39 is 0 Å². The first-order valence-corrected chi connectivity index (χ1v) is 6.69. The van der Waals surface area contributed by atoms with E-state index in [9.17, 15) is 14.0 Å². The molecule has 0 amide bonds. The molecule has 19 heavy (non-hydrogen) atoms. The second kappa shape index (κ2) is 5.28. The van der Waals surface area contributed by atoms with E-state index in [1.807, 2.05) is 22.6 Å². The van der Waals surface area contributed by atoms with Gasteiger partial charge in [-0.25, -0.2) is 9.18 Å². The molecule has 0 N–H and O–H groups in total. The summed E-state index contributed by atoms with van der Waals surface area (Å²) in [5.41, 5.74) is 0.761. The van der Waals surface area contributed by atoms with Crippen LogP contribution in [0.3, 0.4) is 0 Å². The summed E-state index contributed by atoms with van der Waals surface area (Å²) in [6.45, 7) is 1.90. The second-order valence-corrected chi connectivity index (χ2v) is 5.49. The smallest absolute Gasteiger partial charge is 0.302 e. The second-order valence-electron chi connectivity index (χ2n) is 4.33. The van der Waals surface area contributed by atoms with E-state index in [1.165, 1.54) is 22.9 Å². The summed E-state index contributed by atoms with van der Waals surface area (Å²) in [6, 6.07) is 4.31. The lowest BCUT2D eigenvalue weighted by molar-refractivity contribution is 0.616. The number of benzene rings is 1. The summed E-state index contributed by atoms with van der Waals surface area (Å²) in [4.78, 5) is 24.0. The van der Waals surface area contributed by atoms with Crippen molar-refractivity contribution in [2.75, 3.05) is 0 Å². The molecule has 2 rings (SSSR count). The van der Waals surface area contributed by atoms with E-state index >= 15 is 0 Å². The highest BCUT2D eigenvalue weighted by molar-refractivity contribution is 14.1. The predicted molar refractivity (Wildman–Crippen MR) is 78.9 cm³/mol. The van der Waals surface area contributed by atoms with Crippen LogP contribution in [-0.2, 0) is 13.6 Å². The summed E-state index contributed by atoms with van der Waals surface area (Å²) < 4.78 is 16.0. The first kappa shape index (κ1) is 14.0. The molecular weight excluding hydrogens is 362 g/mol. The lowest BCUT2D eigenvalue weighted by Crippen LogP contribution is -2.40. The first-order chi connectivity index (χ1) is 8.90. The van der Waals surface area contributed by atoms with Gasteiger partial charge in [0, 0.05) is 13.2 Å². The van der Waals surface area contributed by atoms with Crippen molar-refractivity contribution in [1.29, 1.82) is 0 Å². The van der Waals surface area contributed by atoms with Crippen LogP contribution in [0.4, 0.5) is 4.39 Å². The quantitative estimate of drug-likeness (QED) is 0.751. The van der Waals surface area contributed by atoms with Crippen LogP contribution in [0.5, 0.6) is 0 Å². The van der Waals surface area contributed by atoms with Crippen LogP contribution in [0, 0.1) is 16.3 Å². The summed E-state index contributed by atoms with van der Waals surface area (Å²) in [7, 11) is 1.60. The van der Waals surface area contributed by atoms with Gasteiger partial charge in [-0.05, 0) is 52.8 Å². The van der Waals surface area contributed by atoms with Gasteiger partial charge in [0.1, 0.15) is 5.82 Å². The molecule has 0 fully saturated rings. The highest BCUT2D eigenvalue weighted by Gasteiger charge is 2.09. The van der Waals surface area contributed by atoms with Crippen LogP contribution < -0.4 is 11.2 Å². The molecule has 0 aliphatic rings. The van der Waals surface area contributed by atoms with E-state index in [0.717, 1.165) is 10.1 Å². The van der Waals surface area contributed by atoms with Crippen molar-refractivity contribution in [3.63, 3.8) is 0 Å². The van der Waals surface area contributed by atoms with Gasteiger partial charge in [0.2, 0.25) is 0 Å². The third kappa shape index (κ3) is 2.78. The minimum absolute atomic E-state index is 0.147. The Morgan fingerprint density at radius 1 is 1.32 bits per heavy atom. The number of hydrogen-bond acceptors (Lipinski definition) is 2. The Morgan fingerprint density at radius 3 is 2.63 bits per heavy atom. The van der Waals surface area contributed by atoms with Gasteiger partial charge < -0.3 is 4.57 Å². The van der Waals surface area contributed by atoms with Gasteiger partial charge in [0.05, 0.1) is 10.1 Å². The van der Waals surface area contributed by atoms with Crippen molar-refractivity contribution in [2.45, 2.75) is 13.5 Å². The molecule has 0 saturated carbocycles. The Balaban J connectivity index is 2.56. The van der Waals surface area contributed by atoms with Crippen LogP contribution in [0.15, 0.2) is 34.0 Å². The molecule has 1 heterocycles. The molecule has 2 aromatic rings. The van der Waals surface area contributed by atoms with Crippen molar-refractivity contribution in [3.8, 4) is 0 Å². The Labute approximate surface area is 122 Å². The monoisotopic (exact) mass is 374 g/mol. The van der Waals surface area contributed by atoms with Gasteiger partial charge in [-0.1, -0.05) is 6.07 Å². The van der Waals surface area contributed by atoms with Crippen molar-refractivity contribution >= 4 is 22.6 Å². The lowest BCUT2D eigenvalue weighted by atomic mass is 10.1. The molecule has 0 bridgehead atoms. The van der Waals surface area contributed by atoms with Crippen molar-refractivity contribution < 1.29 is 4.39 Å². The van der Waals surface area contributed by atoms with Gasteiger partial charge in [-0.3, -0.25) is 9.36 Å². The molecular formula is C13H12FIN2O2. The van der Waals surface area contributed by atoms with Crippen LogP contribution in [-0.4, -0.2) is 9.13 Å². The molecule has 1 aromatic heterocycles. The fourth-order valence-corrected chi connectivity index (χ4v) is 2.54. The molecule has 0 spiro atoms. The lowest BCUT2D eigenvalue weighted by Gasteiger charge is -2.10. The zero-order chi connectivity index (χ0) is 14.2. The molecule has 0 atom stereocenters.